The van der Waals surface area contributed by atoms with E-state index in [1.165, 1.54) is 23.5 Å². The first-order valence-electron chi connectivity index (χ1n) is 7.57. The second-order valence-corrected chi connectivity index (χ2v) is 7.99. The van der Waals surface area contributed by atoms with Gasteiger partial charge in [-0.25, -0.2) is 9.50 Å². The van der Waals surface area contributed by atoms with Gasteiger partial charge in [-0.05, 0) is 11.6 Å². The molecule has 0 spiro atoms. The van der Waals surface area contributed by atoms with Crippen molar-refractivity contribution in [2.45, 2.75) is 10.1 Å². The lowest BCUT2D eigenvalue weighted by molar-refractivity contribution is -0.384. The zero-order chi connectivity index (χ0) is 18.1. The predicted octanol–water partition coefficient (Wildman–Crippen LogP) is 5.31. The molecule has 26 heavy (non-hydrogen) atoms. The third-order valence-electron chi connectivity index (χ3n) is 3.69. The van der Waals surface area contributed by atoms with Crippen molar-refractivity contribution in [2.24, 2.45) is 0 Å². The van der Waals surface area contributed by atoms with Crippen LogP contribution in [0.3, 0.4) is 0 Å². The van der Waals surface area contributed by atoms with Crippen molar-refractivity contribution < 1.29 is 4.92 Å². The fraction of sp³-hybridized carbons (Fsp3) is 0.0588. The first-order valence-corrected chi connectivity index (χ1v) is 9.75. The maximum Gasteiger partial charge on any atom is 0.270 e. The summed E-state index contributed by atoms with van der Waals surface area (Å²) < 4.78 is 2.59. The molecule has 2 heterocycles. The van der Waals surface area contributed by atoms with Crippen LogP contribution in [0.5, 0.6) is 0 Å². The molecule has 0 radical (unpaired) electrons. The molecule has 4 rings (SSSR count). The first-order chi connectivity index (χ1) is 12.6. The van der Waals surface area contributed by atoms with Crippen molar-refractivity contribution in [3.8, 4) is 11.3 Å². The molecule has 0 aliphatic carbocycles. The molecule has 0 fully saturated rings. The van der Waals surface area contributed by atoms with E-state index in [1.807, 2.05) is 24.3 Å². The summed E-state index contributed by atoms with van der Waals surface area (Å²) >= 11 is 9.25. The molecule has 0 aliphatic rings. The molecule has 0 aliphatic heterocycles. The molecule has 2 aromatic heterocycles. The van der Waals surface area contributed by atoms with Crippen LogP contribution in [0.15, 0.2) is 59.1 Å². The molecule has 4 aromatic rings. The zero-order valence-electron chi connectivity index (χ0n) is 13.2. The number of benzene rings is 2. The third-order valence-corrected chi connectivity index (χ3v) is 6.16. The first kappa shape index (κ1) is 17.0. The van der Waals surface area contributed by atoms with E-state index in [2.05, 4.69) is 10.1 Å². The lowest BCUT2D eigenvalue weighted by Crippen LogP contribution is -1.88. The Hall–Kier alpha value is -2.42. The van der Waals surface area contributed by atoms with Crippen molar-refractivity contribution in [1.82, 2.24) is 14.6 Å². The minimum atomic E-state index is -0.413. The minimum Gasteiger partial charge on any atom is -0.258 e. The molecule has 0 bridgehead atoms. The molecular weight excluding hydrogens is 392 g/mol. The van der Waals surface area contributed by atoms with E-state index in [9.17, 15) is 10.1 Å². The Morgan fingerprint density at radius 1 is 1.23 bits per heavy atom. The number of thioether (sulfide) groups is 1. The second kappa shape index (κ2) is 7.06. The Bertz CT molecular complexity index is 1080. The Labute approximate surface area is 161 Å². The van der Waals surface area contributed by atoms with Crippen LogP contribution in [0.1, 0.15) is 5.56 Å². The lowest BCUT2D eigenvalue weighted by Gasteiger charge is -2.00. The topological polar surface area (TPSA) is 73.3 Å². The monoisotopic (exact) mass is 402 g/mol. The smallest absolute Gasteiger partial charge is 0.258 e. The van der Waals surface area contributed by atoms with Crippen LogP contribution in [0, 0.1) is 10.1 Å². The van der Waals surface area contributed by atoms with Gasteiger partial charge in [0.05, 0.1) is 16.8 Å². The number of fused-ring (bicyclic) bond motifs is 1. The Kier molecular flexibility index (Phi) is 4.62. The summed E-state index contributed by atoms with van der Waals surface area (Å²) in [6, 6.07) is 14.2. The van der Waals surface area contributed by atoms with Crippen LogP contribution in [0.2, 0.25) is 5.02 Å². The number of nitro benzene ring substituents is 1. The summed E-state index contributed by atoms with van der Waals surface area (Å²) in [5, 5.41) is 16.2. The van der Waals surface area contributed by atoms with Crippen molar-refractivity contribution in [3.63, 3.8) is 0 Å². The van der Waals surface area contributed by atoms with Gasteiger partial charge in [0.15, 0.2) is 4.34 Å². The van der Waals surface area contributed by atoms with Crippen LogP contribution < -0.4 is 0 Å². The summed E-state index contributed by atoms with van der Waals surface area (Å²) in [5.41, 5.74) is 2.46. The van der Waals surface area contributed by atoms with Gasteiger partial charge in [-0.1, -0.05) is 65.0 Å². The highest BCUT2D eigenvalue weighted by molar-refractivity contribution is 8.00. The Morgan fingerprint density at radius 3 is 2.85 bits per heavy atom. The van der Waals surface area contributed by atoms with Gasteiger partial charge < -0.3 is 0 Å². The van der Waals surface area contributed by atoms with E-state index in [0.29, 0.717) is 11.3 Å². The quantitative estimate of drug-likeness (QED) is 0.257. The summed E-state index contributed by atoms with van der Waals surface area (Å²) in [6.07, 6.45) is 1.78. The molecule has 6 nitrogen and oxygen atoms in total. The van der Waals surface area contributed by atoms with Gasteiger partial charge in [-0.15, -0.1) is 5.10 Å². The Morgan fingerprint density at radius 2 is 2.08 bits per heavy atom. The normalized spacial score (nSPS) is 11.1. The molecular formula is C17H11ClN4O2S2. The standard InChI is InChI=1S/C17H11ClN4O2S2/c18-14-7-2-1-4-12(14)10-25-17-20-21-9-15(19-16(21)26-17)11-5-3-6-13(8-11)22(23)24/h1-9H,10H2. The van der Waals surface area contributed by atoms with Gasteiger partial charge in [-0.2, -0.15) is 0 Å². The largest absolute Gasteiger partial charge is 0.270 e. The average molecular weight is 403 g/mol. The minimum absolute atomic E-state index is 0.0443. The number of hydrogen-bond acceptors (Lipinski definition) is 6. The van der Waals surface area contributed by atoms with E-state index in [4.69, 9.17) is 11.6 Å². The van der Waals surface area contributed by atoms with Crippen molar-refractivity contribution in [1.29, 1.82) is 0 Å². The van der Waals surface area contributed by atoms with Gasteiger partial charge in [0.25, 0.3) is 5.69 Å². The van der Waals surface area contributed by atoms with Gasteiger partial charge in [0, 0.05) is 28.5 Å². The van der Waals surface area contributed by atoms with Gasteiger partial charge in [0.2, 0.25) is 4.96 Å². The van der Waals surface area contributed by atoms with E-state index in [-0.39, 0.29) is 5.69 Å². The number of halogens is 1. The summed E-state index contributed by atoms with van der Waals surface area (Å²) in [5.74, 6) is 0.730. The second-order valence-electron chi connectivity index (χ2n) is 5.41. The predicted molar refractivity (Wildman–Crippen MR) is 104 cm³/mol. The van der Waals surface area contributed by atoms with Crippen molar-refractivity contribution in [3.05, 3.63) is 75.4 Å². The van der Waals surface area contributed by atoms with E-state index < -0.39 is 4.92 Å². The molecule has 0 saturated heterocycles. The van der Waals surface area contributed by atoms with Crippen molar-refractivity contribution in [2.75, 3.05) is 0 Å². The fourth-order valence-corrected chi connectivity index (χ4v) is 4.62. The molecule has 0 amide bonds. The molecule has 0 unspecified atom stereocenters. The molecule has 130 valence electrons. The number of aromatic nitrogens is 3. The third kappa shape index (κ3) is 3.44. The molecule has 2 aromatic carbocycles. The van der Waals surface area contributed by atoms with Crippen LogP contribution in [0.25, 0.3) is 16.2 Å². The number of nitro groups is 1. The van der Waals surface area contributed by atoms with E-state index >= 15 is 0 Å². The highest BCUT2D eigenvalue weighted by Gasteiger charge is 2.13. The summed E-state index contributed by atoms with van der Waals surface area (Å²) in [7, 11) is 0. The van der Waals surface area contributed by atoms with Gasteiger partial charge >= 0.3 is 0 Å². The molecule has 0 N–H and O–H groups in total. The van der Waals surface area contributed by atoms with E-state index in [1.54, 1.807) is 34.6 Å². The maximum absolute atomic E-state index is 10.9. The lowest BCUT2D eigenvalue weighted by atomic mass is 10.1. The fourth-order valence-electron chi connectivity index (χ4n) is 2.41. The van der Waals surface area contributed by atoms with Gasteiger partial charge in [-0.3, -0.25) is 10.1 Å². The van der Waals surface area contributed by atoms with Crippen LogP contribution >= 0.6 is 34.7 Å². The number of imidazole rings is 1. The van der Waals surface area contributed by atoms with Crippen LogP contribution in [-0.4, -0.2) is 19.5 Å². The maximum atomic E-state index is 10.9. The Balaban J connectivity index is 1.55. The molecule has 9 heteroatoms. The number of hydrogen-bond donors (Lipinski definition) is 0. The number of nitrogens with zero attached hydrogens (tertiary/aromatic N) is 4. The zero-order valence-corrected chi connectivity index (χ0v) is 15.6. The molecule has 0 saturated carbocycles. The van der Waals surface area contributed by atoms with E-state index in [0.717, 1.165) is 25.6 Å². The van der Waals surface area contributed by atoms with Crippen molar-refractivity contribution >= 4 is 45.3 Å². The summed E-state index contributed by atoms with van der Waals surface area (Å²) in [4.78, 5) is 15.8. The van der Waals surface area contributed by atoms with Crippen LogP contribution in [0.4, 0.5) is 5.69 Å². The highest BCUT2D eigenvalue weighted by atomic mass is 35.5. The molecule has 0 atom stereocenters. The average Bonchev–Trinajstić information content (AvgIpc) is 3.20. The SMILES string of the molecule is O=[N+]([O-])c1cccc(-c2cn3nc(SCc4ccccc4Cl)sc3n2)c1. The summed E-state index contributed by atoms with van der Waals surface area (Å²) in [6.45, 7) is 0. The highest BCUT2D eigenvalue weighted by Crippen LogP contribution is 2.31. The number of non-ortho nitro benzene ring substituents is 1. The number of rotatable bonds is 5. The van der Waals surface area contributed by atoms with Crippen LogP contribution in [-0.2, 0) is 5.75 Å². The van der Waals surface area contributed by atoms with Gasteiger partial charge in [0.1, 0.15) is 0 Å².